The summed E-state index contributed by atoms with van der Waals surface area (Å²) >= 11 is 0. The predicted molar refractivity (Wildman–Crippen MR) is 134 cm³/mol. The van der Waals surface area contributed by atoms with Crippen molar-refractivity contribution in [3.63, 3.8) is 0 Å². The quantitative estimate of drug-likeness (QED) is 0.370. The fourth-order valence-electron chi connectivity index (χ4n) is 3.89. The lowest BCUT2D eigenvalue weighted by molar-refractivity contribution is 0.102. The maximum Gasteiger partial charge on any atom is 0.274 e. The van der Waals surface area contributed by atoms with Gasteiger partial charge in [-0.15, -0.1) is 0 Å². The Kier molecular flexibility index (Phi) is 5.83. The molecule has 0 radical (unpaired) electrons. The fourth-order valence-corrected chi connectivity index (χ4v) is 4.41. The molecule has 0 aliphatic heterocycles. The van der Waals surface area contributed by atoms with Gasteiger partial charge in [0.1, 0.15) is 17.2 Å². The van der Waals surface area contributed by atoms with Crippen molar-refractivity contribution in [3.8, 4) is 22.4 Å². The summed E-state index contributed by atoms with van der Waals surface area (Å²) < 4.78 is 38.4. The number of sulfonamides is 1. The van der Waals surface area contributed by atoms with E-state index in [4.69, 9.17) is 5.14 Å². The van der Waals surface area contributed by atoms with Crippen LogP contribution in [0.1, 0.15) is 16.1 Å². The average Bonchev–Trinajstić information content (AvgIpc) is 3.29. The van der Waals surface area contributed by atoms with Crippen molar-refractivity contribution in [1.29, 1.82) is 0 Å². The topological polar surface area (TPSA) is 119 Å². The molecule has 1 amide bonds. The maximum atomic E-state index is 13.8. The van der Waals surface area contributed by atoms with Gasteiger partial charge in [0.2, 0.25) is 10.0 Å². The van der Waals surface area contributed by atoms with Crippen LogP contribution >= 0.6 is 0 Å². The number of amides is 1. The fraction of sp³-hybridized carbons (Fsp3) is 0.0385. The first-order valence-corrected chi connectivity index (χ1v) is 12.4. The number of nitrogens with zero attached hydrogens (tertiary/aromatic N) is 3. The normalized spacial score (nSPS) is 11.5. The van der Waals surface area contributed by atoms with Crippen molar-refractivity contribution in [1.82, 2.24) is 14.4 Å². The number of imidazole rings is 1. The number of anilines is 1. The van der Waals surface area contributed by atoms with Gasteiger partial charge in [0, 0.05) is 34.8 Å². The van der Waals surface area contributed by atoms with Gasteiger partial charge in [-0.1, -0.05) is 6.07 Å². The second-order valence-electron chi connectivity index (χ2n) is 8.18. The van der Waals surface area contributed by atoms with Gasteiger partial charge in [-0.2, -0.15) is 0 Å². The smallest absolute Gasteiger partial charge is 0.274 e. The molecule has 0 bridgehead atoms. The Morgan fingerprint density at radius 2 is 1.75 bits per heavy atom. The first-order chi connectivity index (χ1) is 17.2. The van der Waals surface area contributed by atoms with Crippen molar-refractivity contribution in [2.45, 2.75) is 11.8 Å². The summed E-state index contributed by atoms with van der Waals surface area (Å²) in [6.07, 6.45) is 4.92. The number of nitrogens with two attached hydrogens (primary N) is 1. The Hall–Kier alpha value is -4.41. The van der Waals surface area contributed by atoms with Crippen LogP contribution in [0.5, 0.6) is 0 Å². The van der Waals surface area contributed by atoms with E-state index in [-0.39, 0.29) is 16.4 Å². The van der Waals surface area contributed by atoms with E-state index < -0.39 is 15.9 Å². The predicted octanol–water partition coefficient (Wildman–Crippen LogP) is 4.41. The summed E-state index contributed by atoms with van der Waals surface area (Å²) in [6.45, 7) is 1.70. The Morgan fingerprint density at radius 3 is 2.47 bits per heavy atom. The van der Waals surface area contributed by atoms with Crippen LogP contribution < -0.4 is 10.5 Å². The zero-order valence-corrected chi connectivity index (χ0v) is 19.8. The Labute approximate surface area is 206 Å². The van der Waals surface area contributed by atoms with Crippen LogP contribution in [-0.4, -0.2) is 28.7 Å². The lowest BCUT2D eigenvalue weighted by Crippen LogP contribution is -2.15. The Morgan fingerprint density at radius 1 is 1.00 bits per heavy atom. The van der Waals surface area contributed by atoms with Crippen molar-refractivity contribution in [2.75, 3.05) is 5.32 Å². The summed E-state index contributed by atoms with van der Waals surface area (Å²) in [6, 6.07) is 17.8. The first-order valence-electron chi connectivity index (χ1n) is 10.8. The molecule has 0 unspecified atom stereocenters. The van der Waals surface area contributed by atoms with Crippen molar-refractivity contribution >= 4 is 27.3 Å². The van der Waals surface area contributed by atoms with E-state index in [1.807, 2.05) is 18.2 Å². The molecular formula is C26H20FN5O3S. The molecule has 10 heteroatoms. The number of carbonyl (C=O) groups excluding carboxylic acids is 1. The van der Waals surface area contributed by atoms with Crippen LogP contribution in [0.25, 0.3) is 28.0 Å². The number of hydrogen-bond donors (Lipinski definition) is 2. The largest absolute Gasteiger partial charge is 0.321 e. The molecule has 36 heavy (non-hydrogen) atoms. The average molecular weight is 502 g/mol. The third-order valence-corrected chi connectivity index (χ3v) is 6.66. The first kappa shape index (κ1) is 23.3. The molecule has 0 aliphatic rings. The van der Waals surface area contributed by atoms with Gasteiger partial charge in [-0.25, -0.2) is 22.9 Å². The van der Waals surface area contributed by atoms with Crippen LogP contribution in [0.15, 0.2) is 90.2 Å². The van der Waals surface area contributed by atoms with Gasteiger partial charge < -0.3 is 5.32 Å². The maximum absolute atomic E-state index is 13.8. The number of hydrogen-bond acceptors (Lipinski definition) is 5. The third-order valence-electron chi connectivity index (χ3n) is 5.73. The number of rotatable bonds is 5. The molecule has 5 aromatic rings. The highest BCUT2D eigenvalue weighted by Gasteiger charge is 2.16. The number of pyridine rings is 2. The molecule has 3 N–H and O–H groups in total. The van der Waals surface area contributed by atoms with Gasteiger partial charge in [0.15, 0.2) is 0 Å². The monoisotopic (exact) mass is 501 g/mol. The summed E-state index contributed by atoms with van der Waals surface area (Å²) in [5.41, 5.74) is 4.82. The molecular weight excluding hydrogens is 481 g/mol. The number of halogens is 1. The van der Waals surface area contributed by atoms with Crippen molar-refractivity contribution in [3.05, 3.63) is 102 Å². The van der Waals surface area contributed by atoms with Gasteiger partial charge >= 0.3 is 0 Å². The van der Waals surface area contributed by atoms with Crippen LogP contribution in [-0.2, 0) is 10.0 Å². The molecule has 3 heterocycles. The van der Waals surface area contributed by atoms with Crippen LogP contribution in [0, 0.1) is 12.7 Å². The third kappa shape index (κ3) is 4.47. The second-order valence-corrected chi connectivity index (χ2v) is 9.74. The van der Waals surface area contributed by atoms with Gasteiger partial charge in [-0.05, 0) is 73.2 Å². The van der Waals surface area contributed by atoms with Gasteiger partial charge in [0.05, 0.1) is 16.8 Å². The van der Waals surface area contributed by atoms with E-state index in [1.54, 1.807) is 41.9 Å². The highest BCUT2D eigenvalue weighted by molar-refractivity contribution is 7.89. The molecule has 0 saturated heterocycles. The van der Waals surface area contributed by atoms with Crippen molar-refractivity contribution in [2.24, 2.45) is 5.14 Å². The summed E-state index contributed by atoms with van der Waals surface area (Å²) in [4.78, 5) is 21.8. The van der Waals surface area contributed by atoms with Gasteiger partial charge in [-0.3, -0.25) is 14.2 Å². The molecule has 5 rings (SSSR count). The minimum Gasteiger partial charge on any atom is -0.321 e. The number of fused-ring (bicyclic) bond motifs is 1. The van der Waals surface area contributed by atoms with E-state index in [9.17, 15) is 17.6 Å². The highest BCUT2D eigenvalue weighted by Crippen LogP contribution is 2.31. The number of carbonyl (C=O) groups is 1. The van der Waals surface area contributed by atoms with Crippen LogP contribution in [0.4, 0.5) is 10.1 Å². The van der Waals surface area contributed by atoms with E-state index in [0.717, 1.165) is 16.7 Å². The molecule has 0 spiro atoms. The lowest BCUT2D eigenvalue weighted by atomic mass is 9.99. The number of benzene rings is 2. The lowest BCUT2D eigenvalue weighted by Gasteiger charge is -2.11. The summed E-state index contributed by atoms with van der Waals surface area (Å²) in [5.74, 6) is -0.713. The molecule has 8 nitrogen and oxygen atoms in total. The van der Waals surface area contributed by atoms with E-state index in [2.05, 4.69) is 15.3 Å². The zero-order chi connectivity index (χ0) is 25.4. The number of nitrogens with one attached hydrogen (secondary N) is 1. The van der Waals surface area contributed by atoms with Gasteiger partial charge in [0.25, 0.3) is 5.91 Å². The molecule has 180 valence electrons. The van der Waals surface area contributed by atoms with Crippen LogP contribution in [0.2, 0.25) is 0 Å². The molecule has 0 aliphatic carbocycles. The van der Waals surface area contributed by atoms with Crippen molar-refractivity contribution < 1.29 is 17.6 Å². The second kappa shape index (κ2) is 8.99. The molecule has 0 fully saturated rings. The molecule has 0 atom stereocenters. The molecule has 0 saturated carbocycles. The summed E-state index contributed by atoms with van der Waals surface area (Å²) in [5, 5.41) is 7.86. The summed E-state index contributed by atoms with van der Waals surface area (Å²) in [7, 11) is -3.83. The molecule has 3 aromatic heterocycles. The molecule has 2 aromatic carbocycles. The number of aryl methyl sites for hydroxylation is 1. The minimum absolute atomic E-state index is 0.0523. The Bertz CT molecular complexity index is 1730. The highest BCUT2D eigenvalue weighted by atomic mass is 32.2. The van der Waals surface area contributed by atoms with E-state index in [0.29, 0.717) is 22.6 Å². The van der Waals surface area contributed by atoms with Crippen LogP contribution in [0.3, 0.4) is 0 Å². The zero-order valence-electron chi connectivity index (χ0n) is 19.0. The minimum atomic E-state index is -3.83. The SMILES string of the molecule is Cc1cc(-c2ncccc2-c2ccc3ncc(C(=O)Nc4ccc(S(N)(=O)=O)cc4)n3c2)ccc1F. The Balaban J connectivity index is 1.50. The number of primary sulfonamides is 1. The standard InChI is InChI=1S/C26H20FN5O3S/c1-16-13-17(4-10-22(16)27)25-21(3-2-12-29-25)18-5-11-24-30-14-23(32(24)15-18)26(33)31-19-6-8-20(9-7-19)36(28,34)35/h2-15H,1H3,(H,31,33)(H2,28,34,35). The van der Waals surface area contributed by atoms with E-state index in [1.165, 1.54) is 36.5 Å². The van der Waals surface area contributed by atoms with E-state index >= 15 is 0 Å². The number of aromatic nitrogens is 3.